The van der Waals surface area contributed by atoms with Crippen molar-refractivity contribution in [3.63, 3.8) is 0 Å². The van der Waals surface area contributed by atoms with Crippen molar-refractivity contribution >= 4 is 23.3 Å². The number of benzene rings is 2. The number of ether oxygens (including phenoxy) is 1. The molecule has 27 heavy (non-hydrogen) atoms. The monoisotopic (exact) mass is 387 g/mol. The summed E-state index contributed by atoms with van der Waals surface area (Å²) in [7, 11) is 0. The van der Waals surface area contributed by atoms with Crippen LogP contribution in [0.25, 0.3) is 0 Å². The Kier molecular flexibility index (Phi) is 6.96. The van der Waals surface area contributed by atoms with Crippen LogP contribution in [-0.2, 0) is 6.42 Å². The lowest BCUT2D eigenvalue weighted by atomic mass is 10.1. The van der Waals surface area contributed by atoms with Crippen molar-refractivity contribution in [1.29, 1.82) is 0 Å². The zero-order chi connectivity index (χ0) is 19.1. The van der Waals surface area contributed by atoms with Crippen LogP contribution in [0, 0.1) is 0 Å². The first-order valence-corrected chi connectivity index (χ1v) is 9.77. The minimum absolute atomic E-state index is 0.0449. The van der Waals surface area contributed by atoms with Gasteiger partial charge in [0.2, 0.25) is 0 Å². The number of carbonyl (C=O) groups excluding carboxylic acids is 1. The molecule has 144 valence electrons. The summed E-state index contributed by atoms with van der Waals surface area (Å²) in [4.78, 5) is 16.7. The van der Waals surface area contributed by atoms with Gasteiger partial charge in [-0.25, -0.2) is 4.79 Å². The van der Waals surface area contributed by atoms with Crippen LogP contribution < -0.4 is 10.1 Å². The average molecular weight is 388 g/mol. The lowest BCUT2D eigenvalue weighted by molar-refractivity contribution is 0.148. The van der Waals surface area contributed by atoms with Crippen molar-refractivity contribution in [3.05, 3.63) is 59.1 Å². The highest BCUT2D eigenvalue weighted by molar-refractivity contribution is 6.30. The Bertz CT molecular complexity index is 726. The average Bonchev–Trinajstić information content (AvgIpc) is 2.70. The van der Waals surface area contributed by atoms with Crippen LogP contribution in [-0.4, -0.2) is 55.2 Å². The van der Waals surface area contributed by atoms with Crippen LogP contribution in [0.1, 0.15) is 12.5 Å². The number of halogens is 1. The van der Waals surface area contributed by atoms with E-state index in [2.05, 4.69) is 22.3 Å². The first-order valence-electron chi connectivity index (χ1n) is 9.39. The summed E-state index contributed by atoms with van der Waals surface area (Å²) in [5.74, 6) is 0.810. The standard InChI is InChI=1S/C21H26ClN3O2/c1-2-27-20-9-7-19(8-10-20)23-21(26)25-15-13-24(14-16-25)12-11-17-3-5-18(22)6-4-17/h3-10H,2,11-16H2,1H3,(H,23,26). The molecular formula is C21H26ClN3O2. The van der Waals surface area contributed by atoms with Gasteiger partial charge in [0.05, 0.1) is 6.61 Å². The summed E-state index contributed by atoms with van der Waals surface area (Å²) >= 11 is 5.93. The lowest BCUT2D eigenvalue weighted by Crippen LogP contribution is -2.50. The Hall–Kier alpha value is -2.24. The van der Waals surface area contributed by atoms with Gasteiger partial charge >= 0.3 is 6.03 Å². The molecule has 0 spiro atoms. The minimum Gasteiger partial charge on any atom is -0.494 e. The smallest absolute Gasteiger partial charge is 0.321 e. The number of rotatable bonds is 6. The normalized spacial score (nSPS) is 14.8. The van der Waals surface area contributed by atoms with Crippen molar-refractivity contribution in [2.24, 2.45) is 0 Å². The van der Waals surface area contributed by atoms with E-state index in [4.69, 9.17) is 16.3 Å². The number of hydrogen-bond acceptors (Lipinski definition) is 3. The molecule has 2 aromatic rings. The quantitative estimate of drug-likeness (QED) is 0.810. The van der Waals surface area contributed by atoms with E-state index in [1.54, 1.807) is 0 Å². The fourth-order valence-electron chi connectivity index (χ4n) is 3.12. The number of anilines is 1. The molecule has 0 saturated carbocycles. The van der Waals surface area contributed by atoms with E-state index < -0.39 is 0 Å². The number of amides is 2. The van der Waals surface area contributed by atoms with E-state index in [9.17, 15) is 4.79 Å². The number of urea groups is 1. The minimum atomic E-state index is -0.0449. The van der Waals surface area contributed by atoms with Gasteiger partial charge < -0.3 is 15.0 Å². The Morgan fingerprint density at radius 3 is 2.33 bits per heavy atom. The molecule has 1 heterocycles. The molecule has 1 N–H and O–H groups in total. The molecule has 0 aromatic heterocycles. The Labute approximate surface area is 165 Å². The molecule has 1 saturated heterocycles. The molecular weight excluding hydrogens is 362 g/mol. The highest BCUT2D eigenvalue weighted by Crippen LogP contribution is 2.16. The van der Waals surface area contributed by atoms with Gasteiger partial charge in [0.1, 0.15) is 5.75 Å². The van der Waals surface area contributed by atoms with Gasteiger partial charge in [0.25, 0.3) is 0 Å². The highest BCUT2D eigenvalue weighted by Gasteiger charge is 2.20. The van der Waals surface area contributed by atoms with Crippen molar-refractivity contribution in [3.8, 4) is 5.75 Å². The zero-order valence-corrected chi connectivity index (χ0v) is 16.4. The first-order chi connectivity index (χ1) is 13.1. The van der Waals surface area contributed by atoms with E-state index in [-0.39, 0.29) is 6.03 Å². The summed E-state index contributed by atoms with van der Waals surface area (Å²) in [6, 6.07) is 15.4. The molecule has 5 nitrogen and oxygen atoms in total. The molecule has 2 amide bonds. The molecule has 2 aromatic carbocycles. The molecule has 1 aliphatic heterocycles. The summed E-state index contributed by atoms with van der Waals surface area (Å²) in [6.07, 6.45) is 0.996. The second kappa shape index (κ2) is 9.62. The molecule has 0 aliphatic carbocycles. The third-order valence-electron chi connectivity index (χ3n) is 4.71. The lowest BCUT2D eigenvalue weighted by Gasteiger charge is -2.34. The Morgan fingerprint density at radius 2 is 1.70 bits per heavy atom. The number of nitrogens with one attached hydrogen (secondary N) is 1. The number of nitrogens with zero attached hydrogens (tertiary/aromatic N) is 2. The van der Waals surface area contributed by atoms with E-state index in [0.717, 1.165) is 55.6 Å². The van der Waals surface area contributed by atoms with Crippen LogP contribution in [0.3, 0.4) is 0 Å². The molecule has 0 radical (unpaired) electrons. The van der Waals surface area contributed by atoms with Crippen LogP contribution >= 0.6 is 11.6 Å². The fourth-order valence-corrected chi connectivity index (χ4v) is 3.24. The molecule has 0 unspecified atom stereocenters. The van der Waals surface area contributed by atoms with Crippen molar-refractivity contribution in [1.82, 2.24) is 9.80 Å². The maximum absolute atomic E-state index is 12.4. The molecule has 6 heteroatoms. The largest absolute Gasteiger partial charge is 0.494 e. The molecule has 0 atom stereocenters. The topological polar surface area (TPSA) is 44.8 Å². The summed E-state index contributed by atoms with van der Waals surface area (Å²) in [5.41, 5.74) is 2.07. The Morgan fingerprint density at radius 1 is 1.04 bits per heavy atom. The summed E-state index contributed by atoms with van der Waals surface area (Å²) in [5, 5.41) is 3.73. The number of hydrogen-bond donors (Lipinski definition) is 1. The van der Waals surface area contributed by atoms with Crippen molar-refractivity contribution in [2.45, 2.75) is 13.3 Å². The van der Waals surface area contributed by atoms with E-state index in [1.807, 2.05) is 48.2 Å². The van der Waals surface area contributed by atoms with E-state index >= 15 is 0 Å². The van der Waals surface area contributed by atoms with Gasteiger partial charge in [0, 0.05) is 43.4 Å². The predicted molar refractivity (Wildman–Crippen MR) is 110 cm³/mol. The second-order valence-electron chi connectivity index (χ2n) is 6.59. The number of carbonyl (C=O) groups is 1. The maximum atomic E-state index is 12.4. The number of piperazine rings is 1. The Balaban J connectivity index is 1.41. The predicted octanol–water partition coefficient (Wildman–Crippen LogP) is 4.13. The molecule has 1 fully saturated rings. The van der Waals surface area contributed by atoms with Gasteiger partial charge in [-0.05, 0) is 55.3 Å². The summed E-state index contributed by atoms with van der Waals surface area (Å²) in [6.45, 7) is 6.84. The zero-order valence-electron chi connectivity index (χ0n) is 15.7. The van der Waals surface area contributed by atoms with Gasteiger partial charge in [-0.1, -0.05) is 23.7 Å². The molecule has 1 aliphatic rings. The van der Waals surface area contributed by atoms with Crippen LogP contribution in [0.2, 0.25) is 5.02 Å². The van der Waals surface area contributed by atoms with Gasteiger partial charge in [-0.15, -0.1) is 0 Å². The maximum Gasteiger partial charge on any atom is 0.321 e. The molecule has 3 rings (SSSR count). The third-order valence-corrected chi connectivity index (χ3v) is 4.96. The first kappa shape index (κ1) is 19.5. The third kappa shape index (κ3) is 5.88. The highest BCUT2D eigenvalue weighted by atomic mass is 35.5. The van der Waals surface area contributed by atoms with Crippen LogP contribution in [0.15, 0.2) is 48.5 Å². The van der Waals surface area contributed by atoms with Crippen molar-refractivity contribution < 1.29 is 9.53 Å². The molecule has 0 bridgehead atoms. The summed E-state index contributed by atoms with van der Waals surface area (Å²) < 4.78 is 5.42. The van der Waals surface area contributed by atoms with E-state index in [1.165, 1.54) is 5.56 Å². The van der Waals surface area contributed by atoms with Gasteiger partial charge in [-0.3, -0.25) is 4.90 Å². The van der Waals surface area contributed by atoms with Crippen LogP contribution in [0.4, 0.5) is 10.5 Å². The SMILES string of the molecule is CCOc1ccc(NC(=O)N2CCN(CCc3ccc(Cl)cc3)CC2)cc1. The van der Waals surface area contributed by atoms with E-state index in [0.29, 0.717) is 6.61 Å². The van der Waals surface area contributed by atoms with Crippen LogP contribution in [0.5, 0.6) is 5.75 Å². The second-order valence-corrected chi connectivity index (χ2v) is 7.03. The van der Waals surface area contributed by atoms with Crippen molar-refractivity contribution in [2.75, 3.05) is 44.6 Å². The van der Waals surface area contributed by atoms with Gasteiger partial charge in [0.15, 0.2) is 0 Å². The van der Waals surface area contributed by atoms with Gasteiger partial charge in [-0.2, -0.15) is 0 Å². The fraction of sp³-hybridized carbons (Fsp3) is 0.381.